The molecule has 0 fully saturated rings. The van der Waals surface area contributed by atoms with Gasteiger partial charge in [0, 0.05) is 5.69 Å². The first kappa shape index (κ1) is 25.5. The van der Waals surface area contributed by atoms with E-state index in [1.807, 2.05) is 36.4 Å². The van der Waals surface area contributed by atoms with E-state index in [1.54, 1.807) is 38.1 Å². The molecule has 0 aliphatic heterocycles. The van der Waals surface area contributed by atoms with Crippen LogP contribution in [0.4, 0.5) is 5.69 Å². The molecule has 0 aliphatic carbocycles. The second kappa shape index (κ2) is 10.6. The van der Waals surface area contributed by atoms with Crippen molar-refractivity contribution in [2.45, 2.75) is 24.8 Å². The van der Waals surface area contributed by atoms with E-state index in [0.29, 0.717) is 10.7 Å². The molecule has 10 heteroatoms. The van der Waals surface area contributed by atoms with Crippen LogP contribution in [0.25, 0.3) is 21.3 Å². The summed E-state index contributed by atoms with van der Waals surface area (Å²) in [5.41, 5.74) is 3.05. The molecule has 3 aromatic carbocycles. The third-order valence-corrected chi connectivity index (χ3v) is 8.02. The van der Waals surface area contributed by atoms with Gasteiger partial charge in [0.25, 0.3) is 5.91 Å². The average Bonchev–Trinajstić information content (AvgIpc) is 3.32. The summed E-state index contributed by atoms with van der Waals surface area (Å²) in [5, 5.41) is 3.24. The molecule has 0 radical (unpaired) electrons. The lowest BCUT2D eigenvalue weighted by Crippen LogP contribution is -2.44. The first-order valence-electron chi connectivity index (χ1n) is 11.2. The number of para-hydroxylation sites is 1. The smallest absolute Gasteiger partial charge is 0.324 e. The maximum atomic E-state index is 12.8. The van der Waals surface area contributed by atoms with Gasteiger partial charge in [-0.25, -0.2) is 13.4 Å². The van der Waals surface area contributed by atoms with Gasteiger partial charge in [-0.1, -0.05) is 50.2 Å². The highest BCUT2D eigenvalue weighted by Crippen LogP contribution is 2.25. The van der Waals surface area contributed by atoms with Crippen molar-refractivity contribution >= 4 is 49.1 Å². The molecule has 0 aliphatic rings. The molecule has 2 N–H and O–H groups in total. The predicted molar refractivity (Wildman–Crippen MR) is 140 cm³/mol. The number of thiazole rings is 1. The molecule has 1 heterocycles. The number of sulfonamides is 1. The fraction of sp³-hybridized carbons (Fsp3) is 0.192. The summed E-state index contributed by atoms with van der Waals surface area (Å²) in [5.74, 6) is -1.20. The number of benzene rings is 3. The fourth-order valence-electron chi connectivity index (χ4n) is 3.54. The highest BCUT2D eigenvalue weighted by Gasteiger charge is 2.29. The Bertz CT molecular complexity index is 1460. The average molecular weight is 524 g/mol. The molecule has 1 aromatic heterocycles. The molecule has 0 spiro atoms. The molecule has 4 rings (SSSR count). The summed E-state index contributed by atoms with van der Waals surface area (Å²) in [6.45, 7) is 3.47. The van der Waals surface area contributed by atoms with E-state index in [-0.39, 0.29) is 16.7 Å². The number of hydrogen-bond donors (Lipinski definition) is 2. The van der Waals surface area contributed by atoms with Gasteiger partial charge in [0.15, 0.2) is 5.01 Å². The molecule has 0 saturated heterocycles. The molecule has 8 nitrogen and oxygen atoms in total. The molecule has 0 unspecified atom stereocenters. The van der Waals surface area contributed by atoms with Crippen molar-refractivity contribution in [2.24, 2.45) is 5.92 Å². The van der Waals surface area contributed by atoms with E-state index < -0.39 is 22.0 Å². The molecular weight excluding hydrogens is 498 g/mol. The van der Waals surface area contributed by atoms with Crippen LogP contribution < -0.4 is 10.0 Å². The quantitative estimate of drug-likeness (QED) is 0.324. The number of nitrogens with zero attached hydrogens (tertiary/aromatic N) is 1. The number of anilines is 1. The monoisotopic (exact) mass is 523 g/mol. The van der Waals surface area contributed by atoms with Crippen molar-refractivity contribution in [2.75, 3.05) is 12.4 Å². The number of ether oxygens (including phenoxy) is 1. The number of fused-ring (bicyclic) bond motifs is 1. The SMILES string of the molecule is COC(=O)[C@@H](NS(=O)(=O)c1ccc(-c2ccc(NC(=O)c3nc4ccccc4s3)cc2)cc1)C(C)C. The summed E-state index contributed by atoms with van der Waals surface area (Å²) >= 11 is 1.33. The summed E-state index contributed by atoms with van der Waals surface area (Å²) in [6.07, 6.45) is 0. The Kier molecular flexibility index (Phi) is 7.48. The van der Waals surface area contributed by atoms with Crippen molar-refractivity contribution in [3.8, 4) is 11.1 Å². The Hall–Kier alpha value is -3.60. The van der Waals surface area contributed by atoms with E-state index in [0.717, 1.165) is 21.3 Å². The third-order valence-electron chi connectivity index (χ3n) is 5.53. The zero-order valence-corrected chi connectivity index (χ0v) is 21.5. The first-order chi connectivity index (χ1) is 17.2. The van der Waals surface area contributed by atoms with E-state index in [9.17, 15) is 18.0 Å². The Morgan fingerprint density at radius 3 is 2.11 bits per heavy atom. The van der Waals surface area contributed by atoms with Gasteiger partial charge in [-0.15, -0.1) is 11.3 Å². The number of hydrogen-bond acceptors (Lipinski definition) is 7. The van der Waals surface area contributed by atoms with Crippen molar-refractivity contribution in [1.82, 2.24) is 9.71 Å². The molecule has 4 aromatic rings. The highest BCUT2D eigenvalue weighted by molar-refractivity contribution is 7.89. The van der Waals surface area contributed by atoms with E-state index in [2.05, 4.69) is 15.0 Å². The minimum atomic E-state index is -3.92. The minimum absolute atomic E-state index is 0.0421. The van der Waals surface area contributed by atoms with Gasteiger partial charge in [0.1, 0.15) is 6.04 Å². The Morgan fingerprint density at radius 2 is 1.53 bits per heavy atom. The molecule has 0 saturated carbocycles. The maximum absolute atomic E-state index is 12.8. The highest BCUT2D eigenvalue weighted by atomic mass is 32.2. The van der Waals surface area contributed by atoms with Crippen LogP contribution in [-0.4, -0.2) is 38.4 Å². The van der Waals surface area contributed by atoms with Crippen LogP contribution in [0.5, 0.6) is 0 Å². The molecule has 0 bridgehead atoms. The number of carbonyl (C=O) groups excluding carboxylic acids is 2. The summed E-state index contributed by atoms with van der Waals surface area (Å²) in [7, 11) is -2.70. The number of methoxy groups -OCH3 is 1. The van der Waals surface area contributed by atoms with Crippen LogP contribution in [0, 0.1) is 5.92 Å². The number of esters is 1. The summed E-state index contributed by atoms with van der Waals surface area (Å²) in [4.78, 5) is 28.9. The lowest BCUT2D eigenvalue weighted by Gasteiger charge is -2.19. The van der Waals surface area contributed by atoms with Crippen LogP contribution in [0.3, 0.4) is 0 Å². The van der Waals surface area contributed by atoms with Crippen LogP contribution in [0.15, 0.2) is 77.7 Å². The van der Waals surface area contributed by atoms with E-state index >= 15 is 0 Å². The topological polar surface area (TPSA) is 114 Å². The van der Waals surface area contributed by atoms with Gasteiger partial charge < -0.3 is 10.1 Å². The second-order valence-corrected chi connectivity index (χ2v) is 11.2. The van der Waals surface area contributed by atoms with Gasteiger partial charge in [-0.3, -0.25) is 9.59 Å². The molecule has 186 valence electrons. The molecule has 1 atom stereocenters. The first-order valence-corrected chi connectivity index (χ1v) is 13.5. The normalized spacial score (nSPS) is 12.4. The number of rotatable bonds is 8. The third kappa shape index (κ3) is 5.62. The zero-order chi connectivity index (χ0) is 25.9. The number of nitrogens with one attached hydrogen (secondary N) is 2. The minimum Gasteiger partial charge on any atom is -0.468 e. The maximum Gasteiger partial charge on any atom is 0.324 e. The largest absolute Gasteiger partial charge is 0.468 e. The van der Waals surface area contributed by atoms with Gasteiger partial charge in [-0.05, 0) is 53.4 Å². The van der Waals surface area contributed by atoms with Crippen LogP contribution >= 0.6 is 11.3 Å². The van der Waals surface area contributed by atoms with Crippen molar-refractivity contribution in [3.05, 3.63) is 77.8 Å². The predicted octanol–water partition coefficient (Wildman–Crippen LogP) is 4.69. The Labute approximate surface area is 213 Å². The van der Waals surface area contributed by atoms with Gasteiger partial charge in [-0.2, -0.15) is 4.72 Å². The standard InChI is InChI=1S/C26H25N3O5S2/c1-16(2)23(26(31)34-3)29-36(32,33)20-14-10-18(11-15-20)17-8-12-19(13-9-17)27-24(30)25-28-21-6-4-5-7-22(21)35-25/h4-16,23,29H,1-3H3,(H,27,30)/t23-/m0/s1. The molecular formula is C26H25N3O5S2. The van der Waals surface area contributed by atoms with Crippen LogP contribution in [0.1, 0.15) is 23.6 Å². The lowest BCUT2D eigenvalue weighted by molar-refractivity contribution is -0.143. The summed E-state index contributed by atoms with van der Waals surface area (Å²) in [6, 6.07) is 20.2. The van der Waals surface area contributed by atoms with Crippen molar-refractivity contribution in [1.29, 1.82) is 0 Å². The fourth-order valence-corrected chi connectivity index (χ4v) is 5.74. The second-order valence-electron chi connectivity index (χ2n) is 8.41. The number of amides is 1. The van der Waals surface area contributed by atoms with E-state index in [1.165, 1.54) is 30.6 Å². The number of aromatic nitrogens is 1. The Balaban J connectivity index is 1.45. The van der Waals surface area contributed by atoms with Crippen LogP contribution in [-0.2, 0) is 19.6 Å². The van der Waals surface area contributed by atoms with Gasteiger partial charge in [0.05, 0.1) is 22.2 Å². The van der Waals surface area contributed by atoms with Crippen LogP contribution in [0.2, 0.25) is 0 Å². The van der Waals surface area contributed by atoms with Gasteiger partial charge >= 0.3 is 5.97 Å². The van der Waals surface area contributed by atoms with Crippen molar-refractivity contribution in [3.63, 3.8) is 0 Å². The molecule has 36 heavy (non-hydrogen) atoms. The lowest BCUT2D eigenvalue weighted by atomic mass is 10.1. The summed E-state index contributed by atoms with van der Waals surface area (Å²) < 4.78 is 33.6. The number of carbonyl (C=O) groups is 2. The van der Waals surface area contributed by atoms with E-state index in [4.69, 9.17) is 4.74 Å². The zero-order valence-electron chi connectivity index (χ0n) is 19.9. The Morgan fingerprint density at radius 1 is 0.917 bits per heavy atom. The molecule has 1 amide bonds. The van der Waals surface area contributed by atoms with Gasteiger partial charge in [0.2, 0.25) is 10.0 Å². The van der Waals surface area contributed by atoms with Crippen molar-refractivity contribution < 1.29 is 22.7 Å².